The molecule has 3 heterocycles. The van der Waals surface area contributed by atoms with E-state index < -0.39 is 0 Å². The number of rotatable bonds is 4. The second kappa shape index (κ2) is 5.66. The van der Waals surface area contributed by atoms with Gasteiger partial charge in [0.1, 0.15) is 17.2 Å². The van der Waals surface area contributed by atoms with Crippen LogP contribution in [0.1, 0.15) is 5.56 Å². The maximum absolute atomic E-state index is 5.58. The Bertz CT molecular complexity index is 854. The highest BCUT2D eigenvalue weighted by Crippen LogP contribution is 2.27. The van der Waals surface area contributed by atoms with E-state index in [0.717, 1.165) is 33.8 Å². The summed E-state index contributed by atoms with van der Waals surface area (Å²) in [5.41, 5.74) is 5.91. The summed E-state index contributed by atoms with van der Waals surface area (Å²) >= 11 is 0. The summed E-state index contributed by atoms with van der Waals surface area (Å²) in [5, 5.41) is 2.89. The van der Waals surface area contributed by atoms with E-state index in [-0.39, 0.29) is 0 Å². The molecule has 2 aromatic heterocycles. The Hall–Kier alpha value is -2.99. The number of hydrazine groups is 1. The van der Waals surface area contributed by atoms with Crippen molar-refractivity contribution in [3.05, 3.63) is 66.3 Å². The first-order chi connectivity index (χ1) is 11.3. The van der Waals surface area contributed by atoms with E-state index in [1.807, 2.05) is 53.8 Å². The number of methoxy groups -OCH3 is 1. The zero-order valence-electron chi connectivity index (χ0n) is 12.6. The Labute approximate surface area is 133 Å². The van der Waals surface area contributed by atoms with Crippen LogP contribution in [0.4, 0.5) is 5.69 Å². The number of anilines is 1. The number of nitrogens with one attached hydrogen (secondary N) is 2. The largest absolute Gasteiger partial charge is 0.497 e. The number of ether oxygens (including phenoxy) is 1. The van der Waals surface area contributed by atoms with Crippen LogP contribution in [0.25, 0.3) is 11.0 Å². The van der Waals surface area contributed by atoms with Gasteiger partial charge in [-0.3, -0.25) is 0 Å². The van der Waals surface area contributed by atoms with Crippen molar-refractivity contribution >= 4 is 16.7 Å². The van der Waals surface area contributed by atoms with Crippen LogP contribution in [0, 0.1) is 0 Å². The SMILES string of the molecule is COc1ccc(CC2=CN(c3ccnc4[nH]ccc34)NO2)cc1. The van der Waals surface area contributed by atoms with Crippen LogP contribution in [-0.4, -0.2) is 17.1 Å². The summed E-state index contributed by atoms with van der Waals surface area (Å²) < 4.78 is 5.17. The number of fused-ring (bicyclic) bond motifs is 1. The predicted octanol–water partition coefficient (Wildman–Crippen LogP) is 2.91. The molecule has 0 fully saturated rings. The molecule has 23 heavy (non-hydrogen) atoms. The van der Waals surface area contributed by atoms with E-state index >= 15 is 0 Å². The van der Waals surface area contributed by atoms with Crippen molar-refractivity contribution in [2.75, 3.05) is 12.1 Å². The van der Waals surface area contributed by atoms with Crippen molar-refractivity contribution in [2.24, 2.45) is 0 Å². The third-order valence-corrected chi connectivity index (χ3v) is 3.78. The number of nitrogens with zero attached hydrogens (tertiary/aromatic N) is 2. The molecule has 0 atom stereocenters. The van der Waals surface area contributed by atoms with Crippen LogP contribution < -0.4 is 15.3 Å². The van der Waals surface area contributed by atoms with Crippen LogP contribution in [0.2, 0.25) is 0 Å². The molecule has 0 saturated carbocycles. The van der Waals surface area contributed by atoms with E-state index in [1.54, 1.807) is 13.3 Å². The number of aromatic amines is 1. The maximum atomic E-state index is 5.58. The van der Waals surface area contributed by atoms with Gasteiger partial charge in [-0.15, -0.1) is 0 Å². The normalized spacial score (nSPS) is 14.0. The fourth-order valence-corrected chi connectivity index (χ4v) is 2.61. The highest BCUT2D eigenvalue weighted by molar-refractivity contribution is 5.90. The topological polar surface area (TPSA) is 62.4 Å². The molecule has 1 aliphatic rings. The molecule has 1 aliphatic heterocycles. The molecule has 116 valence electrons. The summed E-state index contributed by atoms with van der Waals surface area (Å²) in [6.07, 6.45) is 6.30. The number of hydrogen-bond donors (Lipinski definition) is 2. The van der Waals surface area contributed by atoms with Crippen molar-refractivity contribution in [3.63, 3.8) is 0 Å². The van der Waals surface area contributed by atoms with Gasteiger partial charge in [-0.25, -0.2) is 9.99 Å². The lowest BCUT2D eigenvalue weighted by Crippen LogP contribution is -2.27. The summed E-state index contributed by atoms with van der Waals surface area (Å²) in [6, 6.07) is 11.9. The van der Waals surface area contributed by atoms with Gasteiger partial charge in [0.2, 0.25) is 0 Å². The third kappa shape index (κ3) is 2.60. The van der Waals surface area contributed by atoms with E-state index in [9.17, 15) is 0 Å². The fraction of sp³-hybridized carbons (Fsp3) is 0.118. The van der Waals surface area contributed by atoms with Crippen molar-refractivity contribution < 1.29 is 9.57 Å². The Kier molecular flexibility index (Phi) is 3.36. The van der Waals surface area contributed by atoms with Crippen LogP contribution >= 0.6 is 0 Å². The molecule has 2 N–H and O–H groups in total. The van der Waals surface area contributed by atoms with E-state index in [1.165, 1.54) is 0 Å². The lowest BCUT2D eigenvalue weighted by atomic mass is 10.1. The Balaban J connectivity index is 1.55. The summed E-state index contributed by atoms with van der Waals surface area (Å²) in [4.78, 5) is 13.0. The number of pyridine rings is 1. The number of hydrogen-bond acceptors (Lipinski definition) is 5. The molecule has 0 spiro atoms. The van der Waals surface area contributed by atoms with Crippen LogP contribution in [0.3, 0.4) is 0 Å². The van der Waals surface area contributed by atoms with E-state index in [0.29, 0.717) is 6.42 Å². The molecule has 0 saturated heterocycles. The number of aromatic nitrogens is 2. The number of H-pyrrole nitrogens is 1. The van der Waals surface area contributed by atoms with Gasteiger partial charge in [-0.05, 0) is 29.8 Å². The zero-order valence-corrected chi connectivity index (χ0v) is 12.6. The lowest BCUT2D eigenvalue weighted by Gasteiger charge is -2.14. The van der Waals surface area contributed by atoms with Crippen LogP contribution in [-0.2, 0) is 11.3 Å². The third-order valence-electron chi connectivity index (χ3n) is 3.78. The molecule has 6 heteroatoms. The van der Waals surface area contributed by atoms with Gasteiger partial charge in [0, 0.05) is 24.2 Å². The highest BCUT2D eigenvalue weighted by Gasteiger charge is 2.18. The zero-order chi connectivity index (χ0) is 15.6. The summed E-state index contributed by atoms with van der Waals surface area (Å²) in [7, 11) is 1.66. The first kappa shape index (κ1) is 13.7. The molecule has 0 unspecified atom stereocenters. The standard InChI is InChI=1S/C17H16N4O2/c1-22-13-4-2-12(3-5-13)10-14-11-21(20-23-14)16-7-9-19-17-15(16)6-8-18-17/h2-9,11,20H,10H2,1H3,(H,18,19). The average Bonchev–Trinajstić information content (AvgIpc) is 3.24. The van der Waals surface area contributed by atoms with Crippen molar-refractivity contribution in [1.29, 1.82) is 0 Å². The molecule has 0 amide bonds. The molecule has 4 rings (SSSR count). The maximum Gasteiger partial charge on any atom is 0.148 e. The first-order valence-electron chi connectivity index (χ1n) is 7.31. The minimum atomic E-state index is 0.703. The van der Waals surface area contributed by atoms with Gasteiger partial charge in [0.05, 0.1) is 19.0 Å². The van der Waals surface area contributed by atoms with Gasteiger partial charge >= 0.3 is 0 Å². The van der Waals surface area contributed by atoms with Crippen molar-refractivity contribution in [3.8, 4) is 5.75 Å². The van der Waals surface area contributed by atoms with Crippen LogP contribution in [0.15, 0.2) is 60.8 Å². The molecule has 0 radical (unpaired) electrons. The molecule has 0 aliphatic carbocycles. The monoisotopic (exact) mass is 308 g/mol. The van der Waals surface area contributed by atoms with Gasteiger partial charge in [-0.1, -0.05) is 17.7 Å². The van der Waals surface area contributed by atoms with Gasteiger partial charge in [0.15, 0.2) is 0 Å². The number of allylic oxidation sites excluding steroid dienone is 1. The quantitative estimate of drug-likeness (QED) is 0.776. The minimum absolute atomic E-state index is 0.703. The smallest absolute Gasteiger partial charge is 0.148 e. The van der Waals surface area contributed by atoms with Crippen molar-refractivity contribution in [1.82, 2.24) is 15.6 Å². The molecule has 3 aromatic rings. The second-order valence-corrected chi connectivity index (χ2v) is 5.25. The molecular weight excluding hydrogens is 292 g/mol. The second-order valence-electron chi connectivity index (χ2n) is 5.25. The van der Waals surface area contributed by atoms with Gasteiger partial charge < -0.3 is 14.6 Å². The fourth-order valence-electron chi connectivity index (χ4n) is 2.61. The van der Waals surface area contributed by atoms with Crippen LogP contribution in [0.5, 0.6) is 5.75 Å². The Morgan fingerprint density at radius 1 is 1.17 bits per heavy atom. The predicted molar refractivity (Wildman–Crippen MR) is 87.6 cm³/mol. The Morgan fingerprint density at radius 3 is 2.87 bits per heavy atom. The van der Waals surface area contributed by atoms with Gasteiger partial charge in [-0.2, -0.15) is 0 Å². The molecule has 1 aromatic carbocycles. The lowest BCUT2D eigenvalue weighted by molar-refractivity contribution is 0.127. The minimum Gasteiger partial charge on any atom is -0.497 e. The molecule has 0 bridgehead atoms. The number of benzene rings is 1. The molecule has 6 nitrogen and oxygen atoms in total. The van der Waals surface area contributed by atoms with E-state index in [2.05, 4.69) is 15.6 Å². The molecular formula is C17H16N4O2. The Morgan fingerprint density at radius 2 is 2.04 bits per heavy atom. The summed E-state index contributed by atoms with van der Waals surface area (Å²) in [5.74, 6) is 1.69. The van der Waals surface area contributed by atoms with Gasteiger partial charge in [0.25, 0.3) is 0 Å². The average molecular weight is 308 g/mol. The first-order valence-corrected chi connectivity index (χ1v) is 7.31. The highest BCUT2D eigenvalue weighted by atomic mass is 16.7. The summed E-state index contributed by atoms with van der Waals surface area (Å²) in [6.45, 7) is 0. The van der Waals surface area contributed by atoms with E-state index in [4.69, 9.17) is 9.57 Å². The van der Waals surface area contributed by atoms with Crippen molar-refractivity contribution in [2.45, 2.75) is 6.42 Å².